The molecule has 1 aromatic heterocycles. The van der Waals surface area contributed by atoms with E-state index < -0.39 is 11.6 Å². The van der Waals surface area contributed by atoms with Gasteiger partial charge in [-0.05, 0) is 53.5 Å². The summed E-state index contributed by atoms with van der Waals surface area (Å²) < 4.78 is 13.0. The number of carbonyl (C=O) groups excluding carboxylic acids is 1. The first-order valence-electron chi connectivity index (χ1n) is 9.94. The highest BCUT2D eigenvalue weighted by Crippen LogP contribution is 2.30. The second-order valence-corrected chi connectivity index (χ2v) is 8.69. The minimum Gasteiger partial charge on any atom is -0.490 e. The van der Waals surface area contributed by atoms with Crippen LogP contribution in [0.25, 0.3) is 10.9 Å². The van der Waals surface area contributed by atoms with E-state index in [-0.39, 0.29) is 23.8 Å². The summed E-state index contributed by atoms with van der Waals surface area (Å²) in [5.41, 5.74) is 0.316. The van der Waals surface area contributed by atoms with Crippen LogP contribution < -0.4 is 4.74 Å². The Balaban J connectivity index is 1.76. The van der Waals surface area contributed by atoms with E-state index in [9.17, 15) is 14.7 Å². The zero-order chi connectivity index (χ0) is 21.3. The molecule has 2 aromatic rings. The molecule has 1 aromatic carbocycles. The summed E-state index contributed by atoms with van der Waals surface area (Å²) in [7, 11) is 0. The minimum atomic E-state index is -1.03. The van der Waals surface area contributed by atoms with Crippen molar-refractivity contribution in [2.75, 3.05) is 13.1 Å². The SMILES string of the molecule is CC(C)Oc1cc2nn(C3CCN(C(=O)OC(C)(C)C)CC3)cc2cc1C(=O)O. The molecule has 2 heterocycles. The number of piperidine rings is 1. The summed E-state index contributed by atoms with van der Waals surface area (Å²) in [4.78, 5) is 25.6. The zero-order valence-corrected chi connectivity index (χ0v) is 17.6. The first kappa shape index (κ1) is 21.0. The van der Waals surface area contributed by atoms with Gasteiger partial charge < -0.3 is 19.5 Å². The van der Waals surface area contributed by atoms with Crippen molar-refractivity contribution in [2.45, 2.75) is 65.2 Å². The third-order valence-corrected chi connectivity index (χ3v) is 4.71. The summed E-state index contributed by atoms with van der Waals surface area (Å²) in [5, 5.41) is 14.9. The smallest absolute Gasteiger partial charge is 0.410 e. The van der Waals surface area contributed by atoms with Gasteiger partial charge in [-0.25, -0.2) is 9.59 Å². The summed E-state index contributed by atoms with van der Waals surface area (Å²) >= 11 is 0. The molecule has 0 unspecified atom stereocenters. The van der Waals surface area contributed by atoms with Crippen LogP contribution >= 0.6 is 0 Å². The first-order chi connectivity index (χ1) is 13.5. The van der Waals surface area contributed by atoms with Gasteiger partial charge in [0.15, 0.2) is 0 Å². The molecule has 29 heavy (non-hydrogen) atoms. The van der Waals surface area contributed by atoms with Gasteiger partial charge in [-0.15, -0.1) is 0 Å². The second-order valence-electron chi connectivity index (χ2n) is 8.69. The van der Waals surface area contributed by atoms with Crippen molar-refractivity contribution in [2.24, 2.45) is 0 Å². The number of hydrogen-bond donors (Lipinski definition) is 1. The standard InChI is InChI=1S/C21H29N3O5/c1-13(2)28-18-11-17-14(10-16(18)19(25)26)12-24(22-17)15-6-8-23(9-7-15)20(27)29-21(3,4)5/h10-13,15H,6-9H2,1-5H3,(H,25,26). The normalized spacial score (nSPS) is 15.7. The molecule has 0 atom stereocenters. The lowest BCUT2D eigenvalue weighted by molar-refractivity contribution is 0.0184. The fraction of sp³-hybridized carbons (Fsp3) is 0.571. The molecule has 158 valence electrons. The lowest BCUT2D eigenvalue weighted by atomic mass is 10.1. The summed E-state index contributed by atoms with van der Waals surface area (Å²) in [6, 6.07) is 3.43. The maximum atomic E-state index is 12.2. The van der Waals surface area contributed by atoms with Crippen molar-refractivity contribution in [1.29, 1.82) is 0 Å². The van der Waals surface area contributed by atoms with Gasteiger partial charge in [-0.3, -0.25) is 4.68 Å². The van der Waals surface area contributed by atoms with Crippen LogP contribution in [0.4, 0.5) is 4.79 Å². The molecule has 0 bridgehead atoms. The fourth-order valence-electron chi connectivity index (χ4n) is 3.42. The van der Waals surface area contributed by atoms with Crippen LogP contribution in [0.1, 0.15) is 63.9 Å². The minimum absolute atomic E-state index is 0.130. The van der Waals surface area contributed by atoms with E-state index in [2.05, 4.69) is 5.10 Å². The van der Waals surface area contributed by atoms with Crippen molar-refractivity contribution in [3.8, 4) is 5.75 Å². The number of fused-ring (bicyclic) bond motifs is 1. The number of aromatic nitrogens is 2. The highest BCUT2D eigenvalue weighted by molar-refractivity contribution is 5.96. The Morgan fingerprint density at radius 2 is 1.86 bits per heavy atom. The Morgan fingerprint density at radius 3 is 2.41 bits per heavy atom. The molecular formula is C21H29N3O5. The lowest BCUT2D eigenvalue weighted by Crippen LogP contribution is -2.42. The van der Waals surface area contributed by atoms with Crippen LogP contribution in [0.2, 0.25) is 0 Å². The second kappa shape index (κ2) is 7.93. The number of carbonyl (C=O) groups is 2. The van der Waals surface area contributed by atoms with Crippen molar-refractivity contribution in [1.82, 2.24) is 14.7 Å². The molecule has 1 aliphatic rings. The molecule has 1 fully saturated rings. The molecule has 1 amide bonds. The quantitative estimate of drug-likeness (QED) is 0.826. The molecule has 0 radical (unpaired) electrons. The van der Waals surface area contributed by atoms with Gasteiger partial charge in [-0.2, -0.15) is 5.10 Å². The zero-order valence-electron chi connectivity index (χ0n) is 17.6. The van der Waals surface area contributed by atoms with Crippen LogP contribution in [0, 0.1) is 0 Å². The van der Waals surface area contributed by atoms with Crippen molar-refractivity contribution < 1.29 is 24.2 Å². The van der Waals surface area contributed by atoms with Crippen LogP contribution in [0.3, 0.4) is 0 Å². The molecule has 1 aliphatic heterocycles. The van der Waals surface area contributed by atoms with E-state index in [0.717, 1.165) is 18.2 Å². The molecule has 1 N–H and O–H groups in total. The van der Waals surface area contributed by atoms with Crippen LogP contribution in [0.15, 0.2) is 18.3 Å². The Bertz CT molecular complexity index is 905. The van der Waals surface area contributed by atoms with Crippen LogP contribution in [0.5, 0.6) is 5.75 Å². The van der Waals surface area contributed by atoms with Gasteiger partial charge in [0.1, 0.15) is 16.9 Å². The monoisotopic (exact) mass is 403 g/mol. The summed E-state index contributed by atoms with van der Waals surface area (Å²) in [5.74, 6) is -0.703. The number of aromatic carboxylic acids is 1. The van der Waals surface area contributed by atoms with Gasteiger partial charge in [0.05, 0.1) is 17.7 Å². The summed E-state index contributed by atoms with van der Waals surface area (Å²) in [6.45, 7) is 10.5. The number of rotatable bonds is 4. The van der Waals surface area contributed by atoms with Gasteiger partial charge in [-0.1, -0.05) is 0 Å². The number of likely N-dealkylation sites (tertiary alicyclic amines) is 1. The summed E-state index contributed by atoms with van der Waals surface area (Å²) in [6.07, 6.45) is 2.96. The largest absolute Gasteiger partial charge is 0.490 e. The number of benzene rings is 1. The van der Waals surface area contributed by atoms with E-state index >= 15 is 0 Å². The number of nitrogens with zero attached hydrogens (tertiary/aromatic N) is 3. The fourth-order valence-corrected chi connectivity index (χ4v) is 3.42. The predicted octanol–water partition coefficient (Wildman–Crippen LogP) is 4.09. The molecule has 1 saturated heterocycles. The van der Waals surface area contributed by atoms with Gasteiger partial charge in [0.25, 0.3) is 0 Å². The third kappa shape index (κ3) is 4.99. The van der Waals surface area contributed by atoms with Gasteiger partial charge >= 0.3 is 12.1 Å². The molecule has 3 rings (SSSR count). The molecule has 8 nitrogen and oxygen atoms in total. The van der Waals surface area contributed by atoms with Crippen molar-refractivity contribution >= 4 is 23.0 Å². The predicted molar refractivity (Wildman–Crippen MR) is 109 cm³/mol. The Kier molecular flexibility index (Phi) is 5.73. The molecular weight excluding hydrogens is 374 g/mol. The third-order valence-electron chi connectivity index (χ3n) is 4.71. The highest BCUT2D eigenvalue weighted by Gasteiger charge is 2.28. The number of ether oxygens (including phenoxy) is 2. The maximum Gasteiger partial charge on any atom is 0.410 e. The average molecular weight is 403 g/mol. The van der Waals surface area contributed by atoms with Gasteiger partial charge in [0, 0.05) is 30.7 Å². The number of hydrogen-bond acceptors (Lipinski definition) is 5. The number of carboxylic acids is 1. The molecule has 0 saturated carbocycles. The highest BCUT2D eigenvalue weighted by atomic mass is 16.6. The van der Waals surface area contributed by atoms with E-state index in [1.807, 2.05) is 45.5 Å². The maximum absolute atomic E-state index is 12.2. The van der Waals surface area contributed by atoms with E-state index in [1.165, 1.54) is 0 Å². The van der Waals surface area contributed by atoms with Gasteiger partial charge in [0.2, 0.25) is 0 Å². The molecule has 0 aliphatic carbocycles. The molecule has 0 spiro atoms. The van der Waals surface area contributed by atoms with Crippen LogP contribution in [-0.4, -0.2) is 56.6 Å². The van der Waals surface area contributed by atoms with E-state index in [4.69, 9.17) is 9.47 Å². The van der Waals surface area contributed by atoms with Crippen molar-refractivity contribution in [3.63, 3.8) is 0 Å². The molecule has 8 heteroatoms. The topological polar surface area (TPSA) is 93.9 Å². The van der Waals surface area contributed by atoms with Crippen molar-refractivity contribution in [3.05, 3.63) is 23.9 Å². The number of carboxylic acid groups (broad SMARTS) is 1. The average Bonchev–Trinajstić information content (AvgIpc) is 3.02. The Morgan fingerprint density at radius 1 is 1.21 bits per heavy atom. The van der Waals surface area contributed by atoms with Crippen LogP contribution in [-0.2, 0) is 4.74 Å². The van der Waals surface area contributed by atoms with E-state index in [1.54, 1.807) is 17.0 Å². The Hall–Kier alpha value is -2.77. The lowest BCUT2D eigenvalue weighted by Gasteiger charge is -2.33. The number of amides is 1. The first-order valence-corrected chi connectivity index (χ1v) is 9.94. The van der Waals surface area contributed by atoms with E-state index in [0.29, 0.717) is 24.4 Å². The Labute approximate surface area is 170 Å².